The van der Waals surface area contributed by atoms with Crippen LogP contribution in [0, 0.1) is 6.92 Å². The van der Waals surface area contributed by atoms with E-state index in [4.69, 9.17) is 32.7 Å². The smallest absolute Gasteiger partial charge is 0.363 e. The Morgan fingerprint density at radius 1 is 1.09 bits per heavy atom. The zero-order valence-electron chi connectivity index (χ0n) is 16.9. The fourth-order valence-corrected chi connectivity index (χ4v) is 4.88. The van der Waals surface area contributed by atoms with E-state index in [1.807, 2.05) is 25.1 Å². The highest BCUT2D eigenvalue weighted by molar-refractivity contribution is 9.11. The number of hydrogen-bond donors (Lipinski definition) is 0. The number of nitrogens with zero attached hydrogens (tertiary/aromatic N) is 1. The molecule has 3 aromatic rings. The van der Waals surface area contributed by atoms with E-state index in [2.05, 4.69) is 36.9 Å². The lowest BCUT2D eigenvalue weighted by molar-refractivity contribution is -0.129. The van der Waals surface area contributed by atoms with E-state index in [1.165, 1.54) is 18.2 Å². The maximum Gasteiger partial charge on any atom is 0.363 e. The molecule has 1 heterocycles. The van der Waals surface area contributed by atoms with Gasteiger partial charge in [-0.15, -0.1) is 0 Å². The summed E-state index contributed by atoms with van der Waals surface area (Å²) in [5.41, 5.74) is 2.34. The summed E-state index contributed by atoms with van der Waals surface area (Å²) in [7, 11) is 0. The molecule has 0 radical (unpaired) electrons. The van der Waals surface area contributed by atoms with E-state index in [-0.39, 0.29) is 27.9 Å². The van der Waals surface area contributed by atoms with Crippen LogP contribution < -0.4 is 4.74 Å². The van der Waals surface area contributed by atoms with Crippen molar-refractivity contribution in [1.82, 2.24) is 0 Å². The van der Waals surface area contributed by atoms with Gasteiger partial charge >= 0.3 is 11.9 Å². The van der Waals surface area contributed by atoms with Crippen molar-refractivity contribution in [3.05, 3.63) is 102 Å². The van der Waals surface area contributed by atoms with Gasteiger partial charge in [0.05, 0.1) is 15.1 Å². The Balaban J connectivity index is 1.72. The number of halogens is 4. The fourth-order valence-electron chi connectivity index (χ4n) is 3.06. The van der Waals surface area contributed by atoms with Crippen LogP contribution in [-0.2, 0) is 9.53 Å². The first-order valence-electron chi connectivity index (χ1n) is 9.47. The second-order valence-electron chi connectivity index (χ2n) is 7.03. The average Bonchev–Trinajstić information content (AvgIpc) is 3.10. The zero-order chi connectivity index (χ0) is 23.7. The van der Waals surface area contributed by atoms with Gasteiger partial charge in [0.25, 0.3) is 0 Å². The summed E-state index contributed by atoms with van der Waals surface area (Å²) in [6, 6.07) is 15.3. The van der Waals surface area contributed by atoms with Gasteiger partial charge in [0.2, 0.25) is 5.90 Å². The molecule has 9 heteroatoms. The largest absolute Gasteiger partial charge is 0.421 e. The van der Waals surface area contributed by atoms with Crippen LogP contribution in [0.3, 0.4) is 0 Å². The first kappa shape index (κ1) is 23.7. The Bertz CT molecular complexity index is 1370. The number of aryl methyl sites for hydroxylation is 1. The van der Waals surface area contributed by atoms with Crippen LogP contribution >= 0.6 is 55.1 Å². The maximum absolute atomic E-state index is 12.8. The summed E-state index contributed by atoms with van der Waals surface area (Å²) in [5.74, 6) is -0.901. The van der Waals surface area contributed by atoms with E-state index >= 15 is 0 Å². The molecule has 1 aliphatic heterocycles. The van der Waals surface area contributed by atoms with Gasteiger partial charge in [0.15, 0.2) is 11.4 Å². The topological polar surface area (TPSA) is 65.0 Å². The highest BCUT2D eigenvalue weighted by Crippen LogP contribution is 2.36. The number of carbonyl (C=O) groups excluding carboxylic acids is 2. The predicted molar refractivity (Wildman–Crippen MR) is 135 cm³/mol. The van der Waals surface area contributed by atoms with Crippen LogP contribution in [0.2, 0.25) is 10.0 Å². The molecule has 5 nitrogen and oxygen atoms in total. The number of cyclic esters (lactones) is 1. The van der Waals surface area contributed by atoms with Crippen molar-refractivity contribution >= 4 is 79.0 Å². The summed E-state index contributed by atoms with van der Waals surface area (Å²) in [6.45, 7) is 1.93. The Hall–Kier alpha value is -2.45. The van der Waals surface area contributed by atoms with Crippen molar-refractivity contribution in [3.63, 3.8) is 0 Å². The molecule has 0 N–H and O–H groups in total. The number of ether oxygens (including phenoxy) is 2. The van der Waals surface area contributed by atoms with Crippen molar-refractivity contribution in [3.8, 4) is 5.75 Å². The maximum atomic E-state index is 12.8. The van der Waals surface area contributed by atoms with Crippen molar-refractivity contribution in [1.29, 1.82) is 0 Å². The second kappa shape index (κ2) is 9.81. The number of rotatable bonds is 4. The molecule has 33 heavy (non-hydrogen) atoms. The first-order chi connectivity index (χ1) is 15.7. The standard InChI is InChI=1S/C24H13Br2Cl2NO4/c1-12-3-2-4-13(7-12)22-29-20(24(31)33-22)9-14-8-15(25)10-18(26)21(14)32-23(30)17-6-5-16(27)11-19(17)28/h2-11H,1H3/b20-9-. The van der Waals surface area contributed by atoms with Gasteiger partial charge in [-0.2, -0.15) is 0 Å². The van der Waals surface area contributed by atoms with Gasteiger partial charge in [0.1, 0.15) is 0 Å². The number of esters is 2. The van der Waals surface area contributed by atoms with Crippen LogP contribution in [-0.4, -0.2) is 17.8 Å². The molecule has 0 bridgehead atoms. The fraction of sp³-hybridized carbons (Fsp3) is 0.0417. The summed E-state index contributed by atoms with van der Waals surface area (Å²) < 4.78 is 12.2. The molecule has 0 unspecified atom stereocenters. The van der Waals surface area contributed by atoms with Crippen molar-refractivity contribution in [2.45, 2.75) is 6.92 Å². The minimum absolute atomic E-state index is 0.0679. The normalized spacial score (nSPS) is 14.3. The molecule has 4 rings (SSSR count). The van der Waals surface area contributed by atoms with E-state index in [0.717, 1.165) is 5.56 Å². The summed E-state index contributed by atoms with van der Waals surface area (Å²) in [4.78, 5) is 29.6. The van der Waals surface area contributed by atoms with Crippen LogP contribution in [0.4, 0.5) is 0 Å². The number of benzene rings is 3. The van der Waals surface area contributed by atoms with Crippen molar-refractivity contribution < 1.29 is 19.1 Å². The zero-order valence-corrected chi connectivity index (χ0v) is 21.5. The summed E-state index contributed by atoms with van der Waals surface area (Å²) in [6.07, 6.45) is 1.49. The molecule has 0 saturated heterocycles. The van der Waals surface area contributed by atoms with E-state index in [0.29, 0.717) is 25.1 Å². The minimum atomic E-state index is -0.683. The number of hydrogen-bond acceptors (Lipinski definition) is 5. The Morgan fingerprint density at radius 2 is 1.88 bits per heavy atom. The number of aliphatic imine (C=N–C) groups is 1. The van der Waals surface area contributed by atoms with Gasteiger partial charge in [-0.1, -0.05) is 56.8 Å². The van der Waals surface area contributed by atoms with Crippen LogP contribution in [0.25, 0.3) is 6.08 Å². The minimum Gasteiger partial charge on any atom is -0.421 e. The van der Waals surface area contributed by atoms with E-state index < -0.39 is 11.9 Å². The molecule has 0 saturated carbocycles. The summed E-state index contributed by atoms with van der Waals surface area (Å²) >= 11 is 18.9. The lowest BCUT2D eigenvalue weighted by Crippen LogP contribution is -2.10. The lowest BCUT2D eigenvalue weighted by atomic mass is 10.1. The molecule has 0 aromatic heterocycles. The highest BCUT2D eigenvalue weighted by atomic mass is 79.9. The monoisotopic (exact) mass is 607 g/mol. The Labute approximate surface area is 216 Å². The molecule has 166 valence electrons. The van der Waals surface area contributed by atoms with Gasteiger partial charge in [-0.05, 0) is 71.4 Å². The third-order valence-electron chi connectivity index (χ3n) is 4.56. The third-order valence-corrected chi connectivity index (χ3v) is 6.16. The van der Waals surface area contributed by atoms with Crippen LogP contribution in [0.15, 0.2) is 74.2 Å². The average molecular weight is 610 g/mol. The lowest BCUT2D eigenvalue weighted by Gasteiger charge is -2.12. The Kier molecular flexibility index (Phi) is 7.05. The quantitative estimate of drug-likeness (QED) is 0.176. The van der Waals surface area contributed by atoms with Crippen LogP contribution in [0.5, 0.6) is 5.75 Å². The number of carbonyl (C=O) groups is 2. The van der Waals surface area contributed by atoms with Gasteiger partial charge in [0, 0.05) is 20.6 Å². The van der Waals surface area contributed by atoms with Crippen molar-refractivity contribution in [2.24, 2.45) is 4.99 Å². The van der Waals surface area contributed by atoms with Gasteiger partial charge in [-0.25, -0.2) is 14.6 Å². The molecule has 0 atom stereocenters. The summed E-state index contributed by atoms with van der Waals surface area (Å²) in [5, 5.41) is 0.557. The van der Waals surface area contributed by atoms with Gasteiger partial charge in [-0.3, -0.25) is 0 Å². The Morgan fingerprint density at radius 3 is 2.61 bits per heavy atom. The van der Waals surface area contributed by atoms with E-state index in [1.54, 1.807) is 24.3 Å². The molecular weight excluding hydrogens is 597 g/mol. The molecule has 1 aliphatic rings. The van der Waals surface area contributed by atoms with Crippen molar-refractivity contribution in [2.75, 3.05) is 0 Å². The molecule has 0 aliphatic carbocycles. The van der Waals surface area contributed by atoms with Crippen LogP contribution in [0.1, 0.15) is 27.0 Å². The molecule has 3 aromatic carbocycles. The predicted octanol–water partition coefficient (Wildman–Crippen LogP) is 7.39. The molecule has 0 fully saturated rings. The van der Waals surface area contributed by atoms with Gasteiger partial charge < -0.3 is 9.47 Å². The molecule has 0 amide bonds. The van der Waals surface area contributed by atoms with E-state index in [9.17, 15) is 9.59 Å². The SMILES string of the molecule is Cc1cccc(C2=N/C(=C\c3cc(Br)cc(Br)c3OC(=O)c3ccc(Cl)cc3Cl)C(=O)O2)c1. The first-order valence-corrected chi connectivity index (χ1v) is 11.8. The second-order valence-corrected chi connectivity index (χ2v) is 9.64. The third kappa shape index (κ3) is 5.38. The molecular formula is C24H13Br2Cl2NO4. The molecule has 0 spiro atoms. The highest BCUT2D eigenvalue weighted by Gasteiger charge is 2.26.